The summed E-state index contributed by atoms with van der Waals surface area (Å²) in [4.78, 5) is 31.1. The highest BCUT2D eigenvalue weighted by atomic mass is 16.5. The van der Waals surface area contributed by atoms with Gasteiger partial charge in [0.05, 0.1) is 11.8 Å². The molecule has 0 spiro atoms. The van der Waals surface area contributed by atoms with E-state index in [-0.39, 0.29) is 17.5 Å². The van der Waals surface area contributed by atoms with Crippen LogP contribution in [0.15, 0.2) is 41.7 Å². The average molecular weight is 449 g/mol. The number of ether oxygens (including phenoxy) is 1. The Morgan fingerprint density at radius 1 is 1.27 bits per heavy atom. The van der Waals surface area contributed by atoms with Crippen molar-refractivity contribution in [1.82, 2.24) is 19.8 Å². The molecule has 9 heteroatoms. The molecule has 0 aliphatic carbocycles. The summed E-state index contributed by atoms with van der Waals surface area (Å²) < 4.78 is 7.81. The van der Waals surface area contributed by atoms with Crippen molar-refractivity contribution in [2.75, 3.05) is 32.9 Å². The van der Waals surface area contributed by atoms with E-state index in [9.17, 15) is 9.59 Å². The van der Waals surface area contributed by atoms with Crippen molar-refractivity contribution in [3.8, 4) is 11.5 Å². The summed E-state index contributed by atoms with van der Waals surface area (Å²) in [7, 11) is 3.08. The first-order chi connectivity index (χ1) is 15.8. The molecule has 3 N–H and O–H groups in total. The van der Waals surface area contributed by atoms with E-state index in [1.165, 1.54) is 0 Å². The lowest BCUT2D eigenvalue weighted by molar-refractivity contribution is -0.114. The van der Waals surface area contributed by atoms with Crippen LogP contribution < -0.4 is 15.8 Å². The number of aromatic nitrogens is 2. The molecule has 3 aromatic rings. The van der Waals surface area contributed by atoms with Crippen LogP contribution in [0, 0.1) is 12.8 Å². The zero-order valence-electron chi connectivity index (χ0n) is 19.3. The van der Waals surface area contributed by atoms with Gasteiger partial charge in [-0.25, -0.2) is 4.52 Å². The number of hydrogen-bond donors (Lipinski definition) is 2. The smallest absolute Gasteiger partial charge is 0.269 e. The highest BCUT2D eigenvalue weighted by molar-refractivity contribution is 6.46. The van der Waals surface area contributed by atoms with Gasteiger partial charge in [-0.05, 0) is 37.0 Å². The van der Waals surface area contributed by atoms with Crippen molar-refractivity contribution in [2.24, 2.45) is 10.9 Å². The molecule has 4 rings (SSSR count). The van der Waals surface area contributed by atoms with Crippen LogP contribution in [0.3, 0.4) is 0 Å². The molecule has 1 aromatic carbocycles. The number of aliphatic imine (C=N–C) groups is 1. The first kappa shape index (κ1) is 22.3. The number of fused-ring (bicyclic) bond motifs is 1. The van der Waals surface area contributed by atoms with Gasteiger partial charge in [0.2, 0.25) is 0 Å². The van der Waals surface area contributed by atoms with Gasteiger partial charge in [0.15, 0.2) is 5.75 Å². The van der Waals surface area contributed by atoms with Crippen molar-refractivity contribution >= 4 is 28.7 Å². The maximum Gasteiger partial charge on any atom is 0.269 e. The Kier molecular flexibility index (Phi) is 6.04. The molecule has 3 heterocycles. The molecule has 1 atom stereocenters. The van der Waals surface area contributed by atoms with Crippen LogP contribution in [0.25, 0.3) is 5.52 Å². The first-order valence-corrected chi connectivity index (χ1v) is 10.9. The molecule has 1 aliphatic heterocycles. The molecular formula is C24H28N6O3. The van der Waals surface area contributed by atoms with E-state index < -0.39 is 0 Å². The molecule has 1 aliphatic rings. The van der Waals surface area contributed by atoms with Crippen molar-refractivity contribution in [3.05, 3.63) is 53.3 Å². The minimum absolute atomic E-state index is 0.0162. The summed E-state index contributed by atoms with van der Waals surface area (Å²) in [6.07, 6.45) is 4.40. The number of likely N-dealkylation sites (tertiary alicyclic amines) is 1. The van der Waals surface area contributed by atoms with Gasteiger partial charge in [0.25, 0.3) is 11.8 Å². The lowest BCUT2D eigenvalue weighted by atomic mass is 10.1. The number of rotatable bonds is 5. The Morgan fingerprint density at radius 2 is 2.06 bits per heavy atom. The number of carbonyl (C=O) groups is 2. The molecular weight excluding hydrogens is 420 g/mol. The molecule has 172 valence electrons. The number of nitrogen functional groups attached to an aromatic ring is 1. The van der Waals surface area contributed by atoms with Crippen LogP contribution >= 0.6 is 0 Å². The van der Waals surface area contributed by atoms with Crippen LogP contribution in [0.5, 0.6) is 11.5 Å². The Hall–Kier alpha value is -3.88. The van der Waals surface area contributed by atoms with Gasteiger partial charge >= 0.3 is 0 Å². The van der Waals surface area contributed by atoms with Crippen LogP contribution in [-0.2, 0) is 4.79 Å². The number of carbonyl (C=O) groups excluding carboxylic acids is 2. The Labute approximate surface area is 192 Å². The lowest BCUT2D eigenvalue weighted by Gasteiger charge is -2.15. The normalized spacial score (nSPS) is 16.3. The minimum atomic E-state index is -0.317. The fourth-order valence-electron chi connectivity index (χ4n) is 4.22. The van der Waals surface area contributed by atoms with Gasteiger partial charge in [-0.15, -0.1) is 0 Å². The molecule has 0 radical (unpaired) electrons. The van der Waals surface area contributed by atoms with Crippen LogP contribution in [0.4, 0.5) is 5.69 Å². The predicted molar refractivity (Wildman–Crippen MR) is 127 cm³/mol. The Bertz CT molecular complexity index is 1260. The number of benzene rings is 1. The van der Waals surface area contributed by atoms with Gasteiger partial charge < -0.3 is 20.7 Å². The molecule has 9 nitrogen and oxygen atoms in total. The van der Waals surface area contributed by atoms with Gasteiger partial charge in [-0.1, -0.05) is 6.92 Å². The van der Waals surface area contributed by atoms with E-state index in [1.54, 1.807) is 55.3 Å². The van der Waals surface area contributed by atoms with Crippen molar-refractivity contribution in [3.63, 3.8) is 0 Å². The van der Waals surface area contributed by atoms with E-state index in [4.69, 9.17) is 10.5 Å². The number of anilines is 1. The molecule has 1 unspecified atom stereocenters. The maximum absolute atomic E-state index is 13.1. The zero-order valence-corrected chi connectivity index (χ0v) is 19.3. The number of hydrogen-bond acceptors (Lipinski definition) is 6. The third-order valence-corrected chi connectivity index (χ3v) is 6.00. The maximum atomic E-state index is 13.1. The third kappa shape index (κ3) is 4.13. The van der Waals surface area contributed by atoms with Gasteiger partial charge in [-0.3, -0.25) is 14.6 Å². The summed E-state index contributed by atoms with van der Waals surface area (Å²) >= 11 is 0. The fraction of sp³-hybridized carbons (Fsp3) is 0.333. The second-order valence-electron chi connectivity index (χ2n) is 8.30. The summed E-state index contributed by atoms with van der Waals surface area (Å²) in [6.45, 7) is 5.60. The number of nitrogens with one attached hydrogen (secondary N) is 1. The number of amides is 2. The summed E-state index contributed by atoms with van der Waals surface area (Å²) in [5, 5.41) is 6.92. The Morgan fingerprint density at radius 3 is 2.70 bits per heavy atom. The quantitative estimate of drug-likeness (QED) is 0.460. The van der Waals surface area contributed by atoms with Crippen LogP contribution in [-0.4, -0.2) is 59.2 Å². The van der Waals surface area contributed by atoms with Gasteiger partial charge in [0, 0.05) is 56.8 Å². The zero-order chi connectivity index (χ0) is 23.7. The van der Waals surface area contributed by atoms with Crippen molar-refractivity contribution < 1.29 is 14.3 Å². The van der Waals surface area contributed by atoms with Crippen molar-refractivity contribution in [1.29, 1.82) is 0 Å². The second-order valence-corrected chi connectivity index (χ2v) is 8.30. The van der Waals surface area contributed by atoms with E-state index in [0.29, 0.717) is 34.2 Å². The molecule has 2 amide bonds. The predicted octanol–water partition coefficient (Wildman–Crippen LogP) is 2.66. The van der Waals surface area contributed by atoms with E-state index in [2.05, 4.69) is 22.3 Å². The SMILES string of the molecule is CN=C(C(=O)NC)c1ccc(Oc2ccnn3cc(C(=O)N4CCC(C)C4)c(C)c23)cc1N. The van der Waals surface area contributed by atoms with Crippen LogP contribution in [0.2, 0.25) is 0 Å². The molecule has 1 saturated heterocycles. The van der Waals surface area contributed by atoms with E-state index >= 15 is 0 Å². The van der Waals surface area contributed by atoms with Crippen LogP contribution in [0.1, 0.15) is 34.8 Å². The van der Waals surface area contributed by atoms with Gasteiger partial charge in [-0.2, -0.15) is 5.10 Å². The summed E-state index contributed by atoms with van der Waals surface area (Å²) in [5.74, 6) is 1.26. The highest BCUT2D eigenvalue weighted by Crippen LogP contribution is 2.32. The van der Waals surface area contributed by atoms with Crippen molar-refractivity contribution in [2.45, 2.75) is 20.3 Å². The summed E-state index contributed by atoms with van der Waals surface area (Å²) in [5.41, 5.74) is 9.49. The molecule has 2 aromatic heterocycles. The third-order valence-electron chi connectivity index (χ3n) is 6.00. The summed E-state index contributed by atoms with van der Waals surface area (Å²) in [6, 6.07) is 6.83. The molecule has 1 fully saturated rings. The fourth-order valence-corrected chi connectivity index (χ4v) is 4.22. The number of nitrogens with zero attached hydrogens (tertiary/aromatic N) is 4. The monoisotopic (exact) mass is 448 g/mol. The molecule has 0 bridgehead atoms. The topological polar surface area (TPSA) is 114 Å². The standard InChI is InChI=1S/C24H28N6O3/c1-14-8-10-29(12-14)24(32)18-13-30-22(15(18)2)20(7-9-28-30)33-16-5-6-17(19(25)11-16)21(26-3)23(31)27-4/h5-7,9,11,13-14H,8,10,12,25H2,1-4H3,(H,27,31). The highest BCUT2D eigenvalue weighted by Gasteiger charge is 2.27. The van der Waals surface area contributed by atoms with Gasteiger partial charge in [0.1, 0.15) is 17.0 Å². The first-order valence-electron chi connectivity index (χ1n) is 10.9. The van der Waals surface area contributed by atoms with E-state index in [0.717, 1.165) is 30.6 Å². The number of likely N-dealkylation sites (N-methyl/N-ethyl adjacent to an activating group) is 1. The lowest BCUT2D eigenvalue weighted by Crippen LogP contribution is -2.28. The second kappa shape index (κ2) is 8.93. The number of nitrogens with two attached hydrogens (primary N) is 1. The van der Waals surface area contributed by atoms with E-state index in [1.807, 2.05) is 11.8 Å². The average Bonchev–Trinajstić information content (AvgIpc) is 3.39. The Balaban J connectivity index is 1.66. The number of aryl methyl sites for hydroxylation is 1. The molecule has 0 saturated carbocycles. The minimum Gasteiger partial charge on any atom is -0.455 e. The largest absolute Gasteiger partial charge is 0.455 e. The molecule has 33 heavy (non-hydrogen) atoms.